The molecule has 0 radical (unpaired) electrons. The van der Waals surface area contributed by atoms with E-state index in [1.54, 1.807) is 22.5 Å². The molecule has 150 valence electrons. The van der Waals surface area contributed by atoms with Crippen molar-refractivity contribution in [3.05, 3.63) is 24.4 Å². The van der Waals surface area contributed by atoms with E-state index in [9.17, 15) is 8.42 Å². The summed E-state index contributed by atoms with van der Waals surface area (Å²) in [6.45, 7) is 7.64. The Morgan fingerprint density at radius 3 is 2.78 bits per heavy atom. The lowest BCUT2D eigenvalue weighted by molar-refractivity contribution is 0.0482. The van der Waals surface area contributed by atoms with Crippen LogP contribution in [0.25, 0.3) is 0 Å². The van der Waals surface area contributed by atoms with Crippen LogP contribution in [0.1, 0.15) is 39.0 Å². The van der Waals surface area contributed by atoms with Crippen LogP contribution in [-0.2, 0) is 14.8 Å². The zero-order chi connectivity index (χ0) is 18.9. The smallest absolute Gasteiger partial charge is 0.260 e. The van der Waals surface area contributed by atoms with E-state index in [2.05, 4.69) is 16.8 Å². The standard InChI is InChI=1S/C20H31N3O3S/c1-17-5-4-10-22(14-17)15-18-13-20(16-26-18)7-11-23(12-8-20)27(24,25)19-6-2-3-9-21-19/h2-3,6,9,17-18H,4-5,7-8,10-16H2,1H3/t17-,18-/m1/s1. The molecule has 3 fully saturated rings. The number of nitrogens with zero attached hydrogens (tertiary/aromatic N) is 3. The lowest BCUT2D eigenvalue weighted by Crippen LogP contribution is -2.44. The number of likely N-dealkylation sites (tertiary alicyclic amines) is 1. The molecule has 0 N–H and O–H groups in total. The second kappa shape index (κ2) is 7.78. The van der Waals surface area contributed by atoms with Gasteiger partial charge in [-0.15, -0.1) is 0 Å². The largest absolute Gasteiger partial charge is 0.376 e. The number of piperidine rings is 2. The van der Waals surface area contributed by atoms with Gasteiger partial charge >= 0.3 is 0 Å². The van der Waals surface area contributed by atoms with Crippen LogP contribution in [-0.4, -0.2) is 68.0 Å². The second-order valence-corrected chi connectivity index (χ2v) is 10.6. The number of aromatic nitrogens is 1. The molecule has 0 saturated carbocycles. The number of rotatable bonds is 4. The summed E-state index contributed by atoms with van der Waals surface area (Å²) in [4.78, 5) is 6.59. The molecule has 3 aliphatic rings. The van der Waals surface area contributed by atoms with Gasteiger partial charge in [0.05, 0.1) is 12.7 Å². The lowest BCUT2D eigenvalue weighted by Gasteiger charge is -2.37. The minimum Gasteiger partial charge on any atom is -0.376 e. The van der Waals surface area contributed by atoms with Gasteiger partial charge in [0.2, 0.25) is 0 Å². The molecule has 1 aromatic heterocycles. The van der Waals surface area contributed by atoms with Crippen molar-refractivity contribution in [1.82, 2.24) is 14.2 Å². The van der Waals surface area contributed by atoms with Gasteiger partial charge < -0.3 is 9.64 Å². The Morgan fingerprint density at radius 1 is 1.26 bits per heavy atom. The third kappa shape index (κ3) is 4.21. The topological polar surface area (TPSA) is 62.7 Å². The van der Waals surface area contributed by atoms with Crippen LogP contribution in [0.15, 0.2) is 29.4 Å². The van der Waals surface area contributed by atoms with Crippen LogP contribution < -0.4 is 0 Å². The predicted molar refractivity (Wildman–Crippen MR) is 104 cm³/mol. The Hall–Kier alpha value is -1.02. The van der Waals surface area contributed by atoms with E-state index >= 15 is 0 Å². The van der Waals surface area contributed by atoms with Gasteiger partial charge in [0.15, 0.2) is 5.03 Å². The third-order valence-electron chi connectivity index (χ3n) is 6.51. The first kappa shape index (κ1) is 19.3. The molecule has 1 aromatic rings. The molecule has 7 heteroatoms. The minimum absolute atomic E-state index is 0.153. The maximum atomic E-state index is 12.8. The van der Waals surface area contributed by atoms with E-state index < -0.39 is 10.0 Å². The fourth-order valence-corrected chi connectivity index (χ4v) is 6.31. The number of pyridine rings is 1. The Morgan fingerprint density at radius 2 is 2.07 bits per heavy atom. The van der Waals surface area contributed by atoms with Gasteiger partial charge in [-0.2, -0.15) is 4.31 Å². The van der Waals surface area contributed by atoms with E-state index in [4.69, 9.17) is 4.74 Å². The molecule has 0 unspecified atom stereocenters. The van der Waals surface area contributed by atoms with Crippen molar-refractivity contribution in [3.63, 3.8) is 0 Å². The average molecular weight is 394 g/mol. The van der Waals surface area contributed by atoms with Gasteiger partial charge in [0, 0.05) is 32.4 Å². The highest BCUT2D eigenvalue weighted by Crippen LogP contribution is 2.43. The monoisotopic (exact) mass is 393 g/mol. The van der Waals surface area contributed by atoms with Crippen molar-refractivity contribution in [2.75, 3.05) is 39.3 Å². The van der Waals surface area contributed by atoms with Crippen LogP contribution in [0.3, 0.4) is 0 Å². The summed E-state index contributed by atoms with van der Waals surface area (Å²) in [5, 5.41) is 0.153. The molecule has 0 amide bonds. The SMILES string of the molecule is C[C@@H]1CCCN(C[C@H]2CC3(CCN(S(=O)(=O)c4ccccn4)CC3)CO2)C1. The summed E-state index contributed by atoms with van der Waals surface area (Å²) >= 11 is 0. The number of hydrogen-bond acceptors (Lipinski definition) is 5. The highest BCUT2D eigenvalue weighted by Gasteiger charge is 2.45. The van der Waals surface area contributed by atoms with Crippen molar-refractivity contribution >= 4 is 10.0 Å². The number of hydrogen-bond donors (Lipinski definition) is 0. The van der Waals surface area contributed by atoms with Gasteiger partial charge in [-0.05, 0) is 62.1 Å². The average Bonchev–Trinajstić information content (AvgIpc) is 3.05. The summed E-state index contributed by atoms with van der Waals surface area (Å²) in [6, 6.07) is 5.04. The van der Waals surface area contributed by atoms with Gasteiger partial charge in [-0.25, -0.2) is 13.4 Å². The van der Waals surface area contributed by atoms with Crippen molar-refractivity contribution < 1.29 is 13.2 Å². The Labute approximate surface area is 163 Å². The van der Waals surface area contributed by atoms with Crippen LogP contribution >= 0.6 is 0 Å². The first-order chi connectivity index (χ1) is 13.0. The Balaban J connectivity index is 1.33. The lowest BCUT2D eigenvalue weighted by atomic mass is 9.77. The third-order valence-corrected chi connectivity index (χ3v) is 8.33. The normalized spacial score (nSPS) is 30.0. The summed E-state index contributed by atoms with van der Waals surface area (Å²) in [6.07, 6.45) is 7.29. The van der Waals surface area contributed by atoms with Gasteiger partial charge in [0.25, 0.3) is 10.0 Å². The zero-order valence-electron chi connectivity index (χ0n) is 16.2. The van der Waals surface area contributed by atoms with Crippen LogP contribution in [0, 0.1) is 11.3 Å². The van der Waals surface area contributed by atoms with Gasteiger partial charge in [0.1, 0.15) is 0 Å². The first-order valence-corrected chi connectivity index (χ1v) is 11.7. The van der Waals surface area contributed by atoms with E-state index in [0.717, 1.165) is 38.3 Å². The van der Waals surface area contributed by atoms with E-state index in [1.807, 2.05) is 0 Å². The van der Waals surface area contributed by atoms with Crippen molar-refractivity contribution in [2.45, 2.75) is 50.2 Å². The molecule has 1 spiro atoms. The zero-order valence-corrected chi connectivity index (χ0v) is 17.0. The Bertz CT molecular complexity index is 732. The summed E-state index contributed by atoms with van der Waals surface area (Å²) in [7, 11) is -3.48. The second-order valence-electron chi connectivity index (χ2n) is 8.72. The van der Waals surface area contributed by atoms with Crippen molar-refractivity contribution in [3.8, 4) is 0 Å². The molecule has 3 aliphatic heterocycles. The molecule has 27 heavy (non-hydrogen) atoms. The van der Waals surface area contributed by atoms with E-state index in [1.165, 1.54) is 32.1 Å². The molecule has 3 saturated heterocycles. The molecule has 4 rings (SSSR count). The van der Waals surface area contributed by atoms with Crippen molar-refractivity contribution in [1.29, 1.82) is 0 Å². The van der Waals surface area contributed by atoms with Gasteiger partial charge in [-0.3, -0.25) is 0 Å². The fraction of sp³-hybridized carbons (Fsp3) is 0.750. The highest BCUT2D eigenvalue weighted by atomic mass is 32.2. The fourth-order valence-electron chi connectivity index (χ4n) is 4.93. The highest BCUT2D eigenvalue weighted by molar-refractivity contribution is 7.89. The first-order valence-electron chi connectivity index (χ1n) is 10.2. The molecule has 4 heterocycles. The van der Waals surface area contributed by atoms with Crippen LogP contribution in [0.2, 0.25) is 0 Å². The summed E-state index contributed by atoms with van der Waals surface area (Å²) in [5.74, 6) is 0.786. The Kier molecular flexibility index (Phi) is 5.56. The van der Waals surface area contributed by atoms with Crippen LogP contribution in [0.4, 0.5) is 0 Å². The summed E-state index contributed by atoms with van der Waals surface area (Å²) in [5.41, 5.74) is 0.155. The van der Waals surface area contributed by atoms with Gasteiger partial charge in [-0.1, -0.05) is 13.0 Å². The number of ether oxygens (including phenoxy) is 1. The molecular weight excluding hydrogens is 362 g/mol. The molecular formula is C20H31N3O3S. The van der Waals surface area contributed by atoms with Crippen LogP contribution in [0.5, 0.6) is 0 Å². The maximum Gasteiger partial charge on any atom is 0.260 e. The molecule has 2 atom stereocenters. The van der Waals surface area contributed by atoms with Crippen molar-refractivity contribution in [2.24, 2.45) is 11.3 Å². The maximum absolute atomic E-state index is 12.8. The van der Waals surface area contributed by atoms with E-state index in [-0.39, 0.29) is 10.4 Å². The predicted octanol–water partition coefficient (Wildman–Crippen LogP) is 2.37. The summed E-state index contributed by atoms with van der Waals surface area (Å²) < 4.78 is 33.3. The number of sulfonamides is 1. The molecule has 0 bridgehead atoms. The molecule has 6 nitrogen and oxygen atoms in total. The van der Waals surface area contributed by atoms with E-state index in [0.29, 0.717) is 19.2 Å². The quantitative estimate of drug-likeness (QED) is 0.786. The molecule has 0 aromatic carbocycles. The minimum atomic E-state index is -3.48. The molecule has 0 aliphatic carbocycles.